The molecule has 0 spiro atoms. The molecule has 2 aromatic carbocycles. The topological polar surface area (TPSA) is 46.5 Å². The Hall–Kier alpha value is -2.63. The van der Waals surface area contributed by atoms with Crippen LogP contribution in [0.5, 0.6) is 0 Å². The van der Waals surface area contributed by atoms with Gasteiger partial charge < -0.3 is 19.5 Å². The van der Waals surface area contributed by atoms with Crippen molar-refractivity contribution in [1.29, 1.82) is 0 Å². The van der Waals surface area contributed by atoms with Crippen molar-refractivity contribution in [1.82, 2.24) is 14.8 Å². The van der Waals surface area contributed by atoms with Crippen LogP contribution in [-0.4, -0.2) is 54.8 Å². The maximum Gasteiger partial charge on any atom is 0.254 e. The Balaban J connectivity index is 1.49. The summed E-state index contributed by atoms with van der Waals surface area (Å²) in [6, 6.07) is 19.0. The molecule has 2 heterocycles. The van der Waals surface area contributed by atoms with Crippen LogP contribution in [0.4, 0.5) is 0 Å². The minimum absolute atomic E-state index is 0.122. The number of benzene rings is 2. The Bertz CT molecular complexity index is 1030. The first kappa shape index (κ1) is 22.6. The van der Waals surface area contributed by atoms with E-state index in [0.29, 0.717) is 18.4 Å². The van der Waals surface area contributed by atoms with Crippen molar-refractivity contribution in [2.75, 3.05) is 33.4 Å². The Morgan fingerprint density at radius 3 is 2.66 bits per heavy atom. The molecular formula is C27H35N3O2. The highest BCUT2D eigenvalue weighted by atomic mass is 16.5. The Morgan fingerprint density at radius 2 is 1.91 bits per heavy atom. The van der Waals surface area contributed by atoms with Gasteiger partial charge in [-0.2, -0.15) is 0 Å². The van der Waals surface area contributed by atoms with E-state index < -0.39 is 0 Å². The van der Waals surface area contributed by atoms with Crippen LogP contribution in [0.3, 0.4) is 0 Å². The van der Waals surface area contributed by atoms with Crippen LogP contribution in [0.2, 0.25) is 0 Å². The molecular weight excluding hydrogens is 398 g/mol. The monoisotopic (exact) mass is 433 g/mol. The Morgan fingerprint density at radius 1 is 1.12 bits per heavy atom. The molecule has 4 rings (SSSR count). The smallest absolute Gasteiger partial charge is 0.254 e. The van der Waals surface area contributed by atoms with E-state index in [4.69, 9.17) is 4.74 Å². The lowest BCUT2D eigenvalue weighted by atomic mass is 9.89. The second kappa shape index (κ2) is 10.3. The summed E-state index contributed by atoms with van der Waals surface area (Å²) in [5, 5.41) is 4.66. The molecule has 2 atom stereocenters. The summed E-state index contributed by atoms with van der Waals surface area (Å²) in [5.74, 6) is 1.13. The van der Waals surface area contributed by atoms with E-state index in [9.17, 15) is 4.79 Å². The number of hydrogen-bond donors (Lipinski definition) is 1. The van der Waals surface area contributed by atoms with Crippen molar-refractivity contribution in [2.45, 2.75) is 32.9 Å². The Kier molecular flexibility index (Phi) is 7.28. The number of hydrogen-bond acceptors (Lipinski definition) is 3. The number of aromatic nitrogens is 1. The molecule has 1 aromatic heterocycles. The van der Waals surface area contributed by atoms with Gasteiger partial charge in [0, 0.05) is 48.9 Å². The molecule has 0 unspecified atom stereocenters. The van der Waals surface area contributed by atoms with E-state index in [1.807, 2.05) is 12.1 Å². The first-order valence-corrected chi connectivity index (χ1v) is 11.7. The van der Waals surface area contributed by atoms with Crippen molar-refractivity contribution in [3.8, 4) is 0 Å². The van der Waals surface area contributed by atoms with Gasteiger partial charge in [-0.3, -0.25) is 4.79 Å². The third-order valence-corrected chi connectivity index (χ3v) is 6.69. The largest absolute Gasteiger partial charge is 0.383 e. The van der Waals surface area contributed by atoms with E-state index in [0.717, 1.165) is 49.1 Å². The number of carbonyl (C=O) groups excluding carboxylic acids is 1. The van der Waals surface area contributed by atoms with Gasteiger partial charge in [0.25, 0.3) is 5.91 Å². The van der Waals surface area contributed by atoms with Crippen LogP contribution in [-0.2, 0) is 17.7 Å². The lowest BCUT2D eigenvalue weighted by Crippen LogP contribution is -2.42. The van der Waals surface area contributed by atoms with E-state index >= 15 is 0 Å². The minimum atomic E-state index is 0.122. The summed E-state index contributed by atoms with van der Waals surface area (Å²) in [5.41, 5.74) is 3.27. The molecule has 0 radical (unpaired) electrons. The molecule has 3 aromatic rings. The molecule has 1 aliphatic rings. The van der Waals surface area contributed by atoms with Crippen LogP contribution in [0.15, 0.2) is 60.8 Å². The molecule has 5 heteroatoms. The average Bonchev–Trinajstić information content (AvgIpc) is 3.42. The van der Waals surface area contributed by atoms with Gasteiger partial charge in [0.2, 0.25) is 0 Å². The fraction of sp³-hybridized carbons (Fsp3) is 0.444. The fourth-order valence-electron chi connectivity index (χ4n) is 4.82. The summed E-state index contributed by atoms with van der Waals surface area (Å²) < 4.78 is 7.38. The van der Waals surface area contributed by atoms with Crippen LogP contribution in [0, 0.1) is 11.8 Å². The number of nitrogens with zero attached hydrogens (tertiary/aromatic N) is 2. The van der Waals surface area contributed by atoms with Gasteiger partial charge in [-0.25, -0.2) is 0 Å². The number of nitrogens with one attached hydrogen (secondary N) is 1. The van der Waals surface area contributed by atoms with Crippen LogP contribution in [0.25, 0.3) is 10.9 Å². The number of carbonyl (C=O) groups is 1. The number of ether oxygens (including phenoxy) is 1. The predicted octanol–water partition coefficient (Wildman–Crippen LogP) is 4.22. The summed E-state index contributed by atoms with van der Waals surface area (Å²) in [6.07, 6.45) is 3.12. The summed E-state index contributed by atoms with van der Waals surface area (Å²) in [7, 11) is 1.72. The molecule has 0 saturated carbocycles. The van der Waals surface area contributed by atoms with E-state index in [1.165, 1.54) is 5.56 Å². The minimum Gasteiger partial charge on any atom is -0.383 e. The number of methoxy groups -OCH3 is 1. The van der Waals surface area contributed by atoms with E-state index in [-0.39, 0.29) is 11.9 Å². The lowest BCUT2D eigenvalue weighted by Gasteiger charge is -2.31. The number of amides is 1. The normalized spacial score (nSPS) is 18.5. The summed E-state index contributed by atoms with van der Waals surface area (Å²) in [6.45, 7) is 8.48. The van der Waals surface area contributed by atoms with E-state index in [2.05, 4.69) is 77.3 Å². The third kappa shape index (κ3) is 5.05. The zero-order valence-electron chi connectivity index (χ0n) is 19.5. The highest BCUT2D eigenvalue weighted by Gasteiger charge is 2.31. The SMILES string of the molecule is COCCn1ccc2cc(C(=O)N(C[C@H]3CNC[C@@H]3Cc3ccccc3)C(C)C)ccc21. The lowest BCUT2D eigenvalue weighted by molar-refractivity contribution is 0.0662. The summed E-state index contributed by atoms with van der Waals surface area (Å²) >= 11 is 0. The predicted molar refractivity (Wildman–Crippen MR) is 130 cm³/mol. The van der Waals surface area contributed by atoms with Gasteiger partial charge in [0.05, 0.1) is 6.61 Å². The molecule has 1 N–H and O–H groups in total. The highest BCUT2D eigenvalue weighted by Crippen LogP contribution is 2.25. The molecule has 5 nitrogen and oxygen atoms in total. The van der Waals surface area contributed by atoms with Crippen LogP contribution < -0.4 is 5.32 Å². The van der Waals surface area contributed by atoms with Crippen molar-refractivity contribution in [3.05, 3.63) is 71.9 Å². The molecule has 0 aliphatic carbocycles. The molecule has 170 valence electrons. The van der Waals surface area contributed by atoms with Crippen molar-refractivity contribution in [2.24, 2.45) is 11.8 Å². The van der Waals surface area contributed by atoms with Crippen molar-refractivity contribution in [3.63, 3.8) is 0 Å². The second-order valence-corrected chi connectivity index (χ2v) is 9.19. The first-order valence-electron chi connectivity index (χ1n) is 11.7. The van der Waals surface area contributed by atoms with E-state index in [1.54, 1.807) is 7.11 Å². The van der Waals surface area contributed by atoms with Gasteiger partial charge >= 0.3 is 0 Å². The number of fused-ring (bicyclic) bond motifs is 1. The molecule has 32 heavy (non-hydrogen) atoms. The van der Waals surface area contributed by atoms with Crippen LogP contribution in [0.1, 0.15) is 29.8 Å². The number of rotatable bonds is 9. The van der Waals surface area contributed by atoms with Gasteiger partial charge in [-0.1, -0.05) is 30.3 Å². The van der Waals surface area contributed by atoms with Gasteiger partial charge in [0.15, 0.2) is 0 Å². The third-order valence-electron chi connectivity index (χ3n) is 6.69. The maximum atomic E-state index is 13.5. The zero-order chi connectivity index (χ0) is 22.5. The van der Waals surface area contributed by atoms with Crippen molar-refractivity contribution < 1.29 is 9.53 Å². The van der Waals surface area contributed by atoms with Crippen molar-refractivity contribution >= 4 is 16.8 Å². The zero-order valence-corrected chi connectivity index (χ0v) is 19.5. The first-order chi connectivity index (χ1) is 15.6. The Labute approximate surface area is 191 Å². The molecule has 1 aliphatic heterocycles. The quantitative estimate of drug-likeness (QED) is 0.550. The highest BCUT2D eigenvalue weighted by molar-refractivity contribution is 5.98. The van der Waals surface area contributed by atoms with Gasteiger partial charge in [-0.05, 0) is 75.0 Å². The molecule has 1 amide bonds. The molecule has 1 saturated heterocycles. The average molecular weight is 434 g/mol. The summed E-state index contributed by atoms with van der Waals surface area (Å²) in [4.78, 5) is 15.6. The fourth-order valence-corrected chi connectivity index (χ4v) is 4.82. The van der Waals surface area contributed by atoms with Gasteiger partial charge in [-0.15, -0.1) is 0 Å². The molecule has 0 bridgehead atoms. The van der Waals surface area contributed by atoms with Crippen LogP contribution >= 0.6 is 0 Å². The van der Waals surface area contributed by atoms with Gasteiger partial charge in [0.1, 0.15) is 0 Å². The standard InChI is InChI=1S/C27H35N3O2/c1-20(2)30(19-25-18-28-17-24(25)15-21-7-5-4-6-8-21)27(31)23-9-10-26-22(16-23)11-12-29(26)13-14-32-3/h4-12,16,20,24-25,28H,13-15,17-19H2,1-3H3/t24-,25+/m0/s1. The second-order valence-electron chi connectivity index (χ2n) is 9.19. The molecule has 1 fully saturated rings. The maximum absolute atomic E-state index is 13.5.